The molecule has 2 saturated carbocycles. The minimum Gasteiger partial charge on any atom is -0.481 e. The van der Waals surface area contributed by atoms with Crippen LogP contribution in [0, 0.1) is 17.8 Å². The average molecular weight is 294 g/mol. The number of rotatable bonds is 5. The highest BCUT2D eigenvalue weighted by Gasteiger charge is 2.62. The molecule has 3 atom stereocenters. The lowest BCUT2D eigenvalue weighted by Crippen LogP contribution is -2.50. The summed E-state index contributed by atoms with van der Waals surface area (Å²) in [6.45, 7) is 0. The molecule has 21 heavy (non-hydrogen) atoms. The summed E-state index contributed by atoms with van der Waals surface area (Å²) in [5, 5.41) is 14.2. The fraction of sp³-hybridized carbons (Fsp3) is 0.800. The number of carboxylic acid groups (broad SMARTS) is 1. The Morgan fingerprint density at radius 1 is 1.24 bits per heavy atom. The Morgan fingerprint density at radius 2 is 1.95 bits per heavy atom. The van der Waals surface area contributed by atoms with E-state index in [1.165, 1.54) is 32.1 Å². The Kier molecular flexibility index (Phi) is 3.63. The molecule has 0 radical (unpaired) electrons. The molecule has 0 aromatic rings. The van der Waals surface area contributed by atoms with Crippen molar-refractivity contribution >= 4 is 17.9 Å². The number of urea groups is 1. The third-order valence-corrected chi connectivity index (χ3v) is 5.38. The molecule has 3 rings (SSSR count). The minimum absolute atomic E-state index is 0.259. The molecule has 0 aromatic carbocycles. The van der Waals surface area contributed by atoms with Crippen molar-refractivity contribution in [3.63, 3.8) is 0 Å². The normalized spacial score (nSPS) is 36.2. The summed E-state index contributed by atoms with van der Waals surface area (Å²) in [6.07, 6.45) is 8.03. The van der Waals surface area contributed by atoms with Crippen molar-refractivity contribution in [3.05, 3.63) is 0 Å². The van der Waals surface area contributed by atoms with Crippen LogP contribution in [0.3, 0.4) is 0 Å². The zero-order valence-electron chi connectivity index (χ0n) is 12.1. The number of carboxylic acids is 1. The van der Waals surface area contributed by atoms with E-state index in [2.05, 4.69) is 10.6 Å². The lowest BCUT2D eigenvalue weighted by molar-refractivity contribution is -0.139. The zero-order chi connectivity index (χ0) is 15.0. The molecular weight excluding hydrogens is 272 g/mol. The van der Waals surface area contributed by atoms with Crippen LogP contribution in [0.1, 0.15) is 51.4 Å². The molecule has 1 heterocycles. The number of carbonyl (C=O) groups excluding carboxylic acids is 2. The Labute approximate surface area is 123 Å². The van der Waals surface area contributed by atoms with Gasteiger partial charge in [-0.05, 0) is 25.2 Å². The summed E-state index contributed by atoms with van der Waals surface area (Å²) in [7, 11) is 0. The van der Waals surface area contributed by atoms with Gasteiger partial charge in [-0.1, -0.05) is 32.1 Å². The first-order valence-corrected chi connectivity index (χ1v) is 7.89. The van der Waals surface area contributed by atoms with Crippen molar-refractivity contribution in [2.24, 2.45) is 17.8 Å². The number of imide groups is 1. The van der Waals surface area contributed by atoms with Gasteiger partial charge >= 0.3 is 12.0 Å². The molecule has 2 aliphatic carbocycles. The van der Waals surface area contributed by atoms with Gasteiger partial charge in [0.25, 0.3) is 5.91 Å². The van der Waals surface area contributed by atoms with Crippen molar-refractivity contribution in [1.29, 1.82) is 0 Å². The zero-order valence-corrected chi connectivity index (χ0v) is 12.1. The van der Waals surface area contributed by atoms with Crippen LogP contribution in [0.15, 0.2) is 0 Å². The van der Waals surface area contributed by atoms with Crippen LogP contribution in [0.4, 0.5) is 4.79 Å². The molecule has 3 amide bonds. The van der Waals surface area contributed by atoms with Gasteiger partial charge in [0.05, 0.1) is 5.92 Å². The van der Waals surface area contributed by atoms with E-state index in [4.69, 9.17) is 5.11 Å². The van der Waals surface area contributed by atoms with Gasteiger partial charge in [0.2, 0.25) is 0 Å². The molecule has 0 bridgehead atoms. The van der Waals surface area contributed by atoms with E-state index in [0.717, 1.165) is 6.42 Å². The first-order valence-electron chi connectivity index (χ1n) is 7.89. The number of aliphatic carboxylic acids is 1. The number of amides is 3. The van der Waals surface area contributed by atoms with E-state index in [1.54, 1.807) is 0 Å². The van der Waals surface area contributed by atoms with Crippen LogP contribution in [0.25, 0.3) is 0 Å². The molecule has 6 heteroatoms. The van der Waals surface area contributed by atoms with Crippen LogP contribution in [-0.2, 0) is 9.59 Å². The van der Waals surface area contributed by atoms with Crippen LogP contribution >= 0.6 is 0 Å². The maximum atomic E-state index is 12.2. The second-order valence-corrected chi connectivity index (χ2v) is 6.71. The fourth-order valence-electron chi connectivity index (χ4n) is 4.05. The Balaban J connectivity index is 1.69. The first kappa shape index (κ1) is 14.4. The van der Waals surface area contributed by atoms with Crippen LogP contribution < -0.4 is 10.6 Å². The van der Waals surface area contributed by atoms with E-state index in [9.17, 15) is 14.4 Å². The predicted molar refractivity (Wildman–Crippen MR) is 74.4 cm³/mol. The quantitative estimate of drug-likeness (QED) is 0.672. The van der Waals surface area contributed by atoms with Gasteiger partial charge in [-0.15, -0.1) is 0 Å². The first-order chi connectivity index (χ1) is 10.0. The molecule has 116 valence electrons. The van der Waals surface area contributed by atoms with Crippen LogP contribution in [-0.4, -0.2) is 28.6 Å². The lowest BCUT2D eigenvalue weighted by atomic mass is 9.79. The van der Waals surface area contributed by atoms with Gasteiger partial charge in [-0.2, -0.15) is 0 Å². The SMILES string of the molecule is O=C1NC(=O)C(CCC2CCCCC2)([C@H]2C[C@@H]2C(=O)O)N1. The van der Waals surface area contributed by atoms with Crippen molar-refractivity contribution in [2.75, 3.05) is 0 Å². The Morgan fingerprint density at radius 3 is 2.48 bits per heavy atom. The Bertz CT molecular complexity index is 472. The molecule has 6 nitrogen and oxygen atoms in total. The third-order valence-electron chi connectivity index (χ3n) is 5.38. The second kappa shape index (κ2) is 5.31. The molecule has 3 fully saturated rings. The number of hydrogen-bond acceptors (Lipinski definition) is 3. The third kappa shape index (κ3) is 2.63. The summed E-state index contributed by atoms with van der Waals surface area (Å²) in [5.41, 5.74) is -0.989. The molecule has 1 aliphatic heterocycles. The summed E-state index contributed by atoms with van der Waals surface area (Å²) in [6, 6.07) is -0.486. The van der Waals surface area contributed by atoms with Crippen molar-refractivity contribution in [3.8, 4) is 0 Å². The van der Waals surface area contributed by atoms with Crippen molar-refractivity contribution in [1.82, 2.24) is 10.6 Å². The molecule has 3 N–H and O–H groups in total. The number of hydrogen-bond donors (Lipinski definition) is 3. The highest BCUT2D eigenvalue weighted by atomic mass is 16.4. The molecule has 1 unspecified atom stereocenters. The van der Waals surface area contributed by atoms with Crippen molar-refractivity contribution in [2.45, 2.75) is 56.9 Å². The fourth-order valence-corrected chi connectivity index (χ4v) is 4.05. The van der Waals surface area contributed by atoms with E-state index >= 15 is 0 Å². The monoisotopic (exact) mass is 294 g/mol. The van der Waals surface area contributed by atoms with Crippen molar-refractivity contribution < 1.29 is 19.5 Å². The molecule has 3 aliphatic rings. The molecule has 0 aromatic heterocycles. The minimum atomic E-state index is -0.989. The highest BCUT2D eigenvalue weighted by molar-refractivity contribution is 6.07. The molecule has 0 spiro atoms. The standard InChI is InChI=1S/C15H22N2O4/c18-12(19)10-8-11(10)15(13(20)16-14(21)17-15)7-6-9-4-2-1-3-5-9/h9-11H,1-8H2,(H,18,19)(H2,16,17,20,21)/t10-,11-,15?/m0/s1. The maximum Gasteiger partial charge on any atom is 0.322 e. The second-order valence-electron chi connectivity index (χ2n) is 6.71. The topological polar surface area (TPSA) is 95.5 Å². The molecule has 1 saturated heterocycles. The summed E-state index contributed by atoms with van der Waals surface area (Å²) in [4.78, 5) is 34.9. The summed E-state index contributed by atoms with van der Waals surface area (Å²) >= 11 is 0. The van der Waals surface area contributed by atoms with E-state index < -0.39 is 23.5 Å². The van der Waals surface area contributed by atoms with E-state index in [1.807, 2.05) is 0 Å². The number of carbonyl (C=O) groups is 3. The summed E-state index contributed by atoms with van der Waals surface area (Å²) < 4.78 is 0. The average Bonchev–Trinajstić information content (AvgIpc) is 3.20. The largest absolute Gasteiger partial charge is 0.481 e. The van der Waals surface area contributed by atoms with Gasteiger partial charge in [-0.25, -0.2) is 4.79 Å². The van der Waals surface area contributed by atoms with Crippen LogP contribution in [0.5, 0.6) is 0 Å². The van der Waals surface area contributed by atoms with Gasteiger partial charge < -0.3 is 10.4 Å². The van der Waals surface area contributed by atoms with E-state index in [0.29, 0.717) is 18.8 Å². The van der Waals surface area contributed by atoms with Crippen LogP contribution in [0.2, 0.25) is 0 Å². The van der Waals surface area contributed by atoms with Gasteiger partial charge in [-0.3, -0.25) is 14.9 Å². The van der Waals surface area contributed by atoms with Gasteiger partial charge in [0.1, 0.15) is 5.54 Å². The number of nitrogens with one attached hydrogen (secondary N) is 2. The van der Waals surface area contributed by atoms with Gasteiger partial charge in [0.15, 0.2) is 0 Å². The predicted octanol–water partition coefficient (Wildman–Crippen LogP) is 1.65. The highest BCUT2D eigenvalue weighted by Crippen LogP contribution is 2.50. The lowest BCUT2D eigenvalue weighted by Gasteiger charge is -2.29. The van der Waals surface area contributed by atoms with Gasteiger partial charge in [0, 0.05) is 5.92 Å². The smallest absolute Gasteiger partial charge is 0.322 e. The van der Waals surface area contributed by atoms with E-state index in [-0.39, 0.29) is 11.8 Å². The summed E-state index contributed by atoms with van der Waals surface area (Å²) in [5.74, 6) is -1.36. The molecular formula is C15H22N2O4. The Hall–Kier alpha value is -1.59. The maximum absolute atomic E-state index is 12.2.